The molecular weight excluding hydrogens is 328 g/mol. The molecule has 1 unspecified atom stereocenters. The van der Waals surface area contributed by atoms with Gasteiger partial charge in [0.05, 0.1) is 5.02 Å². The van der Waals surface area contributed by atoms with Crippen LogP contribution in [0.2, 0.25) is 5.02 Å². The highest BCUT2D eigenvalue weighted by atomic mass is 79.9. The van der Waals surface area contributed by atoms with Crippen molar-refractivity contribution in [2.45, 2.75) is 25.3 Å². The Kier molecular flexibility index (Phi) is 5.25. The molecule has 0 saturated carbocycles. The van der Waals surface area contributed by atoms with Gasteiger partial charge in [-0.1, -0.05) is 11.6 Å². The Morgan fingerprint density at radius 2 is 2.21 bits per heavy atom. The molecule has 0 aromatic heterocycles. The predicted octanol–water partition coefficient (Wildman–Crippen LogP) is 3.32. The molecule has 5 heteroatoms. The second kappa shape index (κ2) is 6.73. The third-order valence-corrected chi connectivity index (χ3v) is 4.81. The average molecular weight is 346 g/mol. The molecule has 1 heterocycles. The Balaban J connectivity index is 2.10. The molecule has 1 aromatic rings. The monoisotopic (exact) mass is 344 g/mol. The Labute approximate surface area is 127 Å². The molecular formula is C14H18BrClN2O. The van der Waals surface area contributed by atoms with Crippen LogP contribution in [0.1, 0.15) is 29.6 Å². The van der Waals surface area contributed by atoms with Crippen molar-refractivity contribution in [1.82, 2.24) is 10.2 Å². The number of hydrogen-bond donors (Lipinski definition) is 1. The molecule has 1 aliphatic rings. The third kappa shape index (κ3) is 3.71. The largest absolute Gasteiger partial charge is 0.339 e. The number of halogens is 2. The number of hydrogen-bond acceptors (Lipinski definition) is 2. The number of carbonyl (C=O) groups excluding carboxylic acids is 1. The molecule has 19 heavy (non-hydrogen) atoms. The van der Waals surface area contributed by atoms with Gasteiger partial charge in [0.25, 0.3) is 5.91 Å². The first kappa shape index (κ1) is 14.8. The molecule has 1 N–H and O–H groups in total. The molecule has 104 valence electrons. The minimum absolute atomic E-state index is 0.0429. The zero-order valence-electron chi connectivity index (χ0n) is 11.0. The van der Waals surface area contributed by atoms with Gasteiger partial charge in [-0.05, 0) is 66.5 Å². The van der Waals surface area contributed by atoms with Crippen LogP contribution >= 0.6 is 27.5 Å². The van der Waals surface area contributed by atoms with Crippen LogP contribution in [0, 0.1) is 0 Å². The summed E-state index contributed by atoms with van der Waals surface area (Å²) in [6.07, 6.45) is 3.18. The number of carbonyl (C=O) groups is 1. The van der Waals surface area contributed by atoms with E-state index in [1.807, 2.05) is 24.1 Å². The van der Waals surface area contributed by atoms with Gasteiger partial charge in [0, 0.05) is 23.1 Å². The van der Waals surface area contributed by atoms with Crippen molar-refractivity contribution < 1.29 is 4.79 Å². The zero-order valence-corrected chi connectivity index (χ0v) is 13.3. The van der Waals surface area contributed by atoms with E-state index in [4.69, 9.17) is 11.6 Å². The van der Waals surface area contributed by atoms with Crippen molar-refractivity contribution in [2.24, 2.45) is 0 Å². The fourth-order valence-corrected chi connectivity index (χ4v) is 2.81. The van der Waals surface area contributed by atoms with Crippen LogP contribution in [0.5, 0.6) is 0 Å². The van der Waals surface area contributed by atoms with Crippen LogP contribution in [0.4, 0.5) is 0 Å². The molecule has 0 aliphatic carbocycles. The molecule has 1 fully saturated rings. The highest BCUT2D eigenvalue weighted by Gasteiger charge is 2.22. The summed E-state index contributed by atoms with van der Waals surface area (Å²) in [4.78, 5) is 14.3. The van der Waals surface area contributed by atoms with Crippen molar-refractivity contribution in [3.8, 4) is 0 Å². The van der Waals surface area contributed by atoms with Gasteiger partial charge in [-0.25, -0.2) is 0 Å². The molecule has 3 nitrogen and oxygen atoms in total. The molecule has 0 spiro atoms. The van der Waals surface area contributed by atoms with Crippen molar-refractivity contribution in [2.75, 3.05) is 20.1 Å². The lowest BCUT2D eigenvalue weighted by Gasteiger charge is -2.27. The summed E-state index contributed by atoms with van der Waals surface area (Å²) in [7, 11) is 1.88. The smallest absolute Gasteiger partial charge is 0.253 e. The third-order valence-electron chi connectivity index (χ3n) is 3.58. The van der Waals surface area contributed by atoms with Crippen LogP contribution in [-0.4, -0.2) is 37.0 Å². The molecule has 1 saturated heterocycles. The van der Waals surface area contributed by atoms with E-state index >= 15 is 0 Å². The minimum atomic E-state index is 0.0429. The Morgan fingerprint density at radius 3 is 2.95 bits per heavy atom. The first-order valence-corrected chi connectivity index (χ1v) is 7.69. The number of nitrogens with zero attached hydrogens (tertiary/aromatic N) is 1. The maximum Gasteiger partial charge on any atom is 0.253 e. The van der Waals surface area contributed by atoms with Crippen molar-refractivity contribution in [1.29, 1.82) is 0 Å². The summed E-state index contributed by atoms with van der Waals surface area (Å²) in [6, 6.07) is 5.66. The molecule has 0 bridgehead atoms. The van der Waals surface area contributed by atoms with Crippen molar-refractivity contribution in [3.05, 3.63) is 33.3 Å². The van der Waals surface area contributed by atoms with E-state index < -0.39 is 0 Å². The molecule has 1 aromatic carbocycles. The normalized spacial score (nSPS) is 19.8. The van der Waals surface area contributed by atoms with Gasteiger partial charge in [0.2, 0.25) is 0 Å². The van der Waals surface area contributed by atoms with Crippen LogP contribution in [0.3, 0.4) is 0 Å². The fourth-order valence-electron chi connectivity index (χ4n) is 2.39. The summed E-state index contributed by atoms with van der Waals surface area (Å²) < 4.78 is 0.812. The Morgan fingerprint density at radius 1 is 1.42 bits per heavy atom. The standard InChI is InChI=1S/C14H18BrClN2O/c1-18(11-3-2-7-17-8-6-11)14(19)10-4-5-12(15)13(16)9-10/h4-5,9,11,17H,2-3,6-8H2,1H3. The van der Waals surface area contributed by atoms with E-state index in [2.05, 4.69) is 21.2 Å². The van der Waals surface area contributed by atoms with E-state index in [0.29, 0.717) is 16.6 Å². The van der Waals surface area contributed by atoms with Crippen LogP contribution in [0.25, 0.3) is 0 Å². The van der Waals surface area contributed by atoms with Gasteiger partial charge in [0.1, 0.15) is 0 Å². The van der Waals surface area contributed by atoms with Gasteiger partial charge in [0.15, 0.2) is 0 Å². The lowest BCUT2D eigenvalue weighted by atomic mass is 10.1. The zero-order chi connectivity index (χ0) is 13.8. The quantitative estimate of drug-likeness (QED) is 0.892. The lowest BCUT2D eigenvalue weighted by Crippen LogP contribution is -2.37. The van der Waals surface area contributed by atoms with Gasteiger partial charge in [-0.15, -0.1) is 0 Å². The summed E-state index contributed by atoms with van der Waals surface area (Å²) in [5, 5.41) is 3.93. The number of benzene rings is 1. The molecule has 1 aliphatic heterocycles. The van der Waals surface area contributed by atoms with Crippen LogP contribution in [0.15, 0.2) is 22.7 Å². The number of rotatable bonds is 2. The summed E-state index contributed by atoms with van der Waals surface area (Å²) in [5.74, 6) is 0.0429. The predicted molar refractivity (Wildman–Crippen MR) is 81.8 cm³/mol. The molecule has 0 radical (unpaired) electrons. The maximum atomic E-state index is 12.5. The maximum absolute atomic E-state index is 12.5. The highest BCUT2D eigenvalue weighted by Crippen LogP contribution is 2.24. The second-order valence-corrected chi connectivity index (χ2v) is 6.14. The molecule has 1 atom stereocenters. The number of amides is 1. The molecule has 2 rings (SSSR count). The van der Waals surface area contributed by atoms with Gasteiger partial charge in [-0.3, -0.25) is 4.79 Å². The summed E-state index contributed by atoms with van der Waals surface area (Å²) in [5.41, 5.74) is 0.646. The molecule has 1 amide bonds. The van der Waals surface area contributed by atoms with Crippen molar-refractivity contribution >= 4 is 33.4 Å². The van der Waals surface area contributed by atoms with Gasteiger partial charge < -0.3 is 10.2 Å². The summed E-state index contributed by atoms with van der Waals surface area (Å²) >= 11 is 9.38. The van der Waals surface area contributed by atoms with Gasteiger partial charge >= 0.3 is 0 Å². The van der Waals surface area contributed by atoms with Gasteiger partial charge in [-0.2, -0.15) is 0 Å². The van der Waals surface area contributed by atoms with Crippen molar-refractivity contribution in [3.63, 3.8) is 0 Å². The first-order chi connectivity index (χ1) is 9.09. The Bertz CT molecular complexity index is 459. The minimum Gasteiger partial charge on any atom is -0.339 e. The van der Waals surface area contributed by atoms with Crippen LogP contribution in [-0.2, 0) is 0 Å². The van der Waals surface area contributed by atoms with E-state index in [1.54, 1.807) is 6.07 Å². The number of nitrogens with one attached hydrogen (secondary N) is 1. The van der Waals surface area contributed by atoms with E-state index in [1.165, 1.54) is 0 Å². The van der Waals surface area contributed by atoms with E-state index in [0.717, 1.165) is 36.8 Å². The topological polar surface area (TPSA) is 32.3 Å². The lowest BCUT2D eigenvalue weighted by molar-refractivity contribution is 0.0720. The summed E-state index contributed by atoms with van der Waals surface area (Å²) in [6.45, 7) is 2.02. The Hall–Kier alpha value is -0.580. The SMILES string of the molecule is CN(C(=O)c1ccc(Br)c(Cl)c1)C1CCCNCC1. The fraction of sp³-hybridized carbons (Fsp3) is 0.500. The second-order valence-electron chi connectivity index (χ2n) is 4.88. The van der Waals surface area contributed by atoms with Crippen LogP contribution < -0.4 is 5.32 Å². The highest BCUT2D eigenvalue weighted by molar-refractivity contribution is 9.10. The first-order valence-electron chi connectivity index (χ1n) is 6.52. The van der Waals surface area contributed by atoms with E-state index in [9.17, 15) is 4.79 Å². The average Bonchev–Trinajstić information content (AvgIpc) is 2.69. The van der Waals surface area contributed by atoms with E-state index in [-0.39, 0.29) is 5.91 Å².